The smallest absolute Gasteiger partial charge is 0.0994 e. The highest BCUT2D eigenvalue weighted by Gasteiger charge is 2.33. The number of hydrogen-bond acceptors (Lipinski definition) is 2. The zero-order valence-electron chi connectivity index (χ0n) is 12.6. The summed E-state index contributed by atoms with van der Waals surface area (Å²) in [6.45, 7) is 8.91. The zero-order valence-corrected chi connectivity index (χ0v) is 12.6. The lowest BCUT2D eigenvalue weighted by Crippen LogP contribution is -2.27. The van der Waals surface area contributed by atoms with Crippen molar-refractivity contribution >= 4 is 0 Å². The van der Waals surface area contributed by atoms with Crippen LogP contribution in [0.15, 0.2) is 36.8 Å². The van der Waals surface area contributed by atoms with Crippen LogP contribution in [-0.4, -0.2) is 22.6 Å². The Labute approximate surface area is 121 Å². The minimum Gasteiger partial charge on any atom is -0.316 e. The van der Waals surface area contributed by atoms with Crippen LogP contribution in [0.2, 0.25) is 0 Å². The molecule has 1 aromatic carbocycles. The van der Waals surface area contributed by atoms with Gasteiger partial charge in [-0.3, -0.25) is 0 Å². The van der Waals surface area contributed by atoms with Crippen LogP contribution in [0.3, 0.4) is 0 Å². The van der Waals surface area contributed by atoms with Gasteiger partial charge in [0.2, 0.25) is 0 Å². The van der Waals surface area contributed by atoms with Gasteiger partial charge in [0, 0.05) is 29.5 Å². The fourth-order valence-electron chi connectivity index (χ4n) is 3.02. The van der Waals surface area contributed by atoms with Crippen molar-refractivity contribution in [2.45, 2.75) is 38.5 Å². The molecule has 3 rings (SSSR count). The van der Waals surface area contributed by atoms with Gasteiger partial charge in [-0.25, -0.2) is 4.98 Å². The van der Waals surface area contributed by atoms with Crippen LogP contribution < -0.4 is 5.32 Å². The van der Waals surface area contributed by atoms with Gasteiger partial charge in [0.15, 0.2) is 0 Å². The average molecular weight is 269 g/mol. The highest BCUT2D eigenvalue weighted by atomic mass is 15.1. The van der Waals surface area contributed by atoms with Crippen molar-refractivity contribution in [2.75, 3.05) is 13.1 Å². The van der Waals surface area contributed by atoms with E-state index in [1.165, 1.54) is 23.4 Å². The van der Waals surface area contributed by atoms with Crippen molar-refractivity contribution in [2.24, 2.45) is 0 Å². The molecule has 0 spiro atoms. The van der Waals surface area contributed by atoms with Crippen LogP contribution in [-0.2, 0) is 5.41 Å². The quantitative estimate of drug-likeness (QED) is 0.927. The van der Waals surface area contributed by atoms with E-state index < -0.39 is 0 Å². The molecule has 1 fully saturated rings. The maximum Gasteiger partial charge on any atom is 0.0994 e. The number of aromatic nitrogens is 2. The third-order valence-electron chi connectivity index (χ3n) is 4.44. The molecular formula is C17H23N3. The molecule has 1 N–H and O–H groups in total. The first-order valence-electron chi connectivity index (χ1n) is 7.44. The number of nitrogens with zero attached hydrogens (tertiary/aromatic N) is 2. The van der Waals surface area contributed by atoms with Crippen molar-refractivity contribution in [3.8, 4) is 5.69 Å². The molecule has 106 valence electrons. The maximum absolute atomic E-state index is 4.40. The molecule has 0 bridgehead atoms. The number of nitrogens with one attached hydrogen (secondary N) is 1. The molecular weight excluding hydrogens is 246 g/mol. The lowest BCUT2D eigenvalue weighted by atomic mass is 9.86. The van der Waals surface area contributed by atoms with Crippen LogP contribution in [0.25, 0.3) is 5.69 Å². The van der Waals surface area contributed by atoms with Crippen LogP contribution in [0.1, 0.15) is 44.4 Å². The van der Waals surface area contributed by atoms with E-state index in [-0.39, 0.29) is 5.41 Å². The molecule has 3 heteroatoms. The van der Waals surface area contributed by atoms with Gasteiger partial charge in [-0.2, -0.15) is 0 Å². The summed E-state index contributed by atoms with van der Waals surface area (Å²) in [5.41, 5.74) is 4.08. The first-order chi connectivity index (χ1) is 9.60. The summed E-state index contributed by atoms with van der Waals surface area (Å²) in [7, 11) is 0. The Kier molecular flexibility index (Phi) is 3.38. The van der Waals surface area contributed by atoms with Gasteiger partial charge in [0.25, 0.3) is 0 Å². The van der Waals surface area contributed by atoms with E-state index in [9.17, 15) is 0 Å². The Morgan fingerprint density at radius 1 is 1.35 bits per heavy atom. The molecule has 20 heavy (non-hydrogen) atoms. The molecule has 0 saturated carbocycles. The molecule has 0 amide bonds. The zero-order chi connectivity index (χ0) is 14.2. The predicted molar refractivity (Wildman–Crippen MR) is 82.5 cm³/mol. The first kappa shape index (κ1) is 13.4. The monoisotopic (exact) mass is 269 g/mol. The summed E-state index contributed by atoms with van der Waals surface area (Å²) in [5.74, 6) is 0.547. The first-order valence-corrected chi connectivity index (χ1v) is 7.44. The summed E-state index contributed by atoms with van der Waals surface area (Å²) < 4.78 is 2.25. The Balaban J connectivity index is 2.03. The molecule has 2 heterocycles. The Hall–Kier alpha value is -1.61. The summed E-state index contributed by atoms with van der Waals surface area (Å²) in [6.07, 6.45) is 5.13. The van der Waals surface area contributed by atoms with Crippen molar-refractivity contribution in [1.29, 1.82) is 0 Å². The largest absolute Gasteiger partial charge is 0.316 e. The van der Waals surface area contributed by atoms with Crippen molar-refractivity contribution < 1.29 is 0 Å². The second-order valence-electron chi connectivity index (χ2n) is 6.39. The van der Waals surface area contributed by atoms with E-state index >= 15 is 0 Å². The highest BCUT2D eigenvalue weighted by molar-refractivity contribution is 5.40. The van der Waals surface area contributed by atoms with E-state index in [1.807, 2.05) is 12.5 Å². The molecule has 2 aromatic rings. The number of rotatable bonds is 3. The fraction of sp³-hybridized carbons (Fsp3) is 0.471. The third kappa shape index (κ3) is 2.27. The topological polar surface area (TPSA) is 29.9 Å². The van der Waals surface area contributed by atoms with E-state index in [0.29, 0.717) is 5.92 Å². The van der Waals surface area contributed by atoms with Gasteiger partial charge in [0.1, 0.15) is 0 Å². The molecule has 1 aliphatic heterocycles. The average Bonchev–Trinajstić information content (AvgIpc) is 3.08. The molecule has 1 unspecified atom stereocenters. The van der Waals surface area contributed by atoms with Crippen molar-refractivity contribution in [1.82, 2.24) is 14.9 Å². The third-order valence-corrected chi connectivity index (χ3v) is 4.44. The summed E-state index contributed by atoms with van der Waals surface area (Å²) in [6, 6.07) is 8.79. The van der Waals surface area contributed by atoms with Crippen molar-refractivity contribution in [3.05, 3.63) is 48.0 Å². The van der Waals surface area contributed by atoms with E-state index in [0.717, 1.165) is 13.1 Å². The number of imidazole rings is 1. The van der Waals surface area contributed by atoms with Crippen molar-refractivity contribution in [3.63, 3.8) is 0 Å². The molecule has 1 saturated heterocycles. The Morgan fingerprint density at radius 3 is 2.90 bits per heavy atom. The Bertz CT molecular complexity index is 592. The van der Waals surface area contributed by atoms with Gasteiger partial charge in [-0.1, -0.05) is 32.9 Å². The van der Waals surface area contributed by atoms with E-state index in [2.05, 4.69) is 59.9 Å². The van der Waals surface area contributed by atoms with Crippen LogP contribution in [0.5, 0.6) is 0 Å². The highest BCUT2D eigenvalue weighted by Crippen LogP contribution is 2.31. The molecule has 0 aliphatic carbocycles. The number of hydrogen-bond donors (Lipinski definition) is 1. The minimum absolute atomic E-state index is 0.185. The molecule has 1 aromatic heterocycles. The predicted octanol–water partition coefficient (Wildman–Crippen LogP) is 3.25. The SMILES string of the molecule is CC(C)c1cccc(-n2cncc2C2(C)CCNC2)c1. The van der Waals surface area contributed by atoms with Gasteiger partial charge < -0.3 is 9.88 Å². The molecule has 3 nitrogen and oxygen atoms in total. The van der Waals surface area contributed by atoms with Crippen LogP contribution >= 0.6 is 0 Å². The lowest BCUT2D eigenvalue weighted by molar-refractivity contribution is 0.499. The standard InChI is InChI=1S/C17H23N3/c1-13(2)14-5-4-6-15(9-14)20-12-19-10-16(20)17(3)7-8-18-11-17/h4-6,9-10,12-13,18H,7-8,11H2,1-3H3. The van der Waals surface area contributed by atoms with Crippen LogP contribution in [0.4, 0.5) is 0 Å². The normalized spacial score (nSPS) is 22.6. The molecule has 1 atom stereocenters. The van der Waals surface area contributed by atoms with E-state index in [1.54, 1.807) is 0 Å². The maximum atomic E-state index is 4.40. The van der Waals surface area contributed by atoms with Gasteiger partial charge in [0.05, 0.1) is 6.33 Å². The number of benzene rings is 1. The second kappa shape index (κ2) is 5.06. The van der Waals surface area contributed by atoms with Gasteiger partial charge >= 0.3 is 0 Å². The summed E-state index contributed by atoms with van der Waals surface area (Å²) in [4.78, 5) is 4.40. The molecule has 1 aliphatic rings. The lowest BCUT2D eigenvalue weighted by Gasteiger charge is -2.24. The summed E-state index contributed by atoms with van der Waals surface area (Å²) >= 11 is 0. The molecule has 0 radical (unpaired) electrons. The van der Waals surface area contributed by atoms with E-state index in [4.69, 9.17) is 0 Å². The van der Waals surface area contributed by atoms with Gasteiger partial charge in [-0.05, 0) is 36.6 Å². The van der Waals surface area contributed by atoms with Crippen LogP contribution in [0, 0.1) is 0 Å². The Morgan fingerprint density at radius 2 is 2.20 bits per heavy atom. The minimum atomic E-state index is 0.185. The second-order valence-corrected chi connectivity index (χ2v) is 6.39. The fourth-order valence-corrected chi connectivity index (χ4v) is 3.02. The summed E-state index contributed by atoms with van der Waals surface area (Å²) in [5, 5.41) is 3.47. The van der Waals surface area contributed by atoms with Gasteiger partial charge in [-0.15, -0.1) is 0 Å².